The van der Waals surface area contributed by atoms with Gasteiger partial charge < -0.3 is 20.3 Å². The predicted octanol–water partition coefficient (Wildman–Crippen LogP) is 4.26. The van der Waals surface area contributed by atoms with Gasteiger partial charge in [0.15, 0.2) is 15.7 Å². The Kier molecular flexibility index (Phi) is 8.58. The molecule has 2 heterocycles. The van der Waals surface area contributed by atoms with Crippen molar-refractivity contribution in [1.82, 2.24) is 15.3 Å². The molecule has 2 amide bonds. The summed E-state index contributed by atoms with van der Waals surface area (Å²) in [5.74, 6) is 0.428. The number of hydrogen-bond acceptors (Lipinski definition) is 7. The molecule has 1 saturated heterocycles. The predicted molar refractivity (Wildman–Crippen MR) is 144 cm³/mol. The van der Waals surface area contributed by atoms with Crippen LogP contribution in [-0.4, -0.2) is 56.8 Å². The van der Waals surface area contributed by atoms with Crippen LogP contribution in [0.25, 0.3) is 11.4 Å². The number of anilines is 2. The lowest BCUT2D eigenvalue weighted by molar-refractivity contribution is 0.0985. The summed E-state index contributed by atoms with van der Waals surface area (Å²) < 4.78 is 45.1. The highest BCUT2D eigenvalue weighted by atomic mass is 32.2. The van der Waals surface area contributed by atoms with Gasteiger partial charge in [-0.05, 0) is 61.4 Å². The molecule has 4 rings (SSSR count). The van der Waals surface area contributed by atoms with E-state index >= 15 is 0 Å². The van der Waals surface area contributed by atoms with E-state index in [0.717, 1.165) is 12.1 Å². The minimum absolute atomic E-state index is 0.0199. The first kappa shape index (κ1) is 27.5. The molecule has 9 nitrogen and oxygen atoms in total. The molecule has 0 saturated carbocycles. The Morgan fingerprint density at radius 2 is 1.84 bits per heavy atom. The van der Waals surface area contributed by atoms with Crippen LogP contribution in [0.1, 0.15) is 26.5 Å². The topological polar surface area (TPSA) is 114 Å². The maximum absolute atomic E-state index is 13.3. The van der Waals surface area contributed by atoms with Crippen molar-refractivity contribution >= 4 is 27.4 Å². The van der Waals surface area contributed by atoms with E-state index in [1.165, 1.54) is 12.1 Å². The lowest BCUT2D eigenvalue weighted by Gasteiger charge is -2.34. The van der Waals surface area contributed by atoms with Crippen molar-refractivity contribution in [2.75, 3.05) is 36.5 Å². The molecule has 3 aromatic rings. The number of sulfone groups is 1. The third-order valence-corrected chi connectivity index (χ3v) is 7.68. The van der Waals surface area contributed by atoms with Gasteiger partial charge in [-0.25, -0.2) is 27.6 Å². The first-order valence-corrected chi connectivity index (χ1v) is 14.1. The zero-order valence-electron chi connectivity index (χ0n) is 21.6. The van der Waals surface area contributed by atoms with E-state index in [1.807, 2.05) is 20.8 Å². The maximum Gasteiger partial charge on any atom is 0.319 e. The average Bonchev–Trinajstić information content (AvgIpc) is 2.88. The molecule has 0 unspecified atom stereocenters. The fourth-order valence-electron chi connectivity index (χ4n) is 4.00. The lowest BCUT2D eigenvalue weighted by Crippen LogP contribution is -2.44. The number of aromatic nitrogens is 2. The van der Waals surface area contributed by atoms with Crippen LogP contribution in [0, 0.1) is 11.7 Å². The first-order chi connectivity index (χ1) is 18.1. The summed E-state index contributed by atoms with van der Waals surface area (Å²) in [5.41, 5.74) is 1.59. The Hall–Kier alpha value is -3.57. The van der Waals surface area contributed by atoms with Gasteiger partial charge in [-0.1, -0.05) is 13.8 Å². The largest absolute Gasteiger partial charge is 0.377 e. The van der Waals surface area contributed by atoms with Gasteiger partial charge in [-0.2, -0.15) is 0 Å². The van der Waals surface area contributed by atoms with Gasteiger partial charge in [0.05, 0.1) is 35.6 Å². The Labute approximate surface area is 222 Å². The van der Waals surface area contributed by atoms with Crippen LogP contribution < -0.4 is 15.5 Å². The number of nitrogens with one attached hydrogen (secondary N) is 2. The Balaban J connectivity index is 1.63. The van der Waals surface area contributed by atoms with Crippen LogP contribution in [0.3, 0.4) is 0 Å². The van der Waals surface area contributed by atoms with Crippen LogP contribution in [0.5, 0.6) is 0 Å². The van der Waals surface area contributed by atoms with E-state index < -0.39 is 15.7 Å². The number of halogens is 1. The number of carbonyl (C=O) groups excluding carboxylic acids is 1. The standard InChI is InChI=1S/C27H32FN5O4S/c1-18(2)15-29-27(34)31-22-8-4-20(5-9-22)26-30-23(14-25(32-26)33-12-13-37-16-19(33)3)17-38(35,36)24-10-6-21(28)7-11-24/h4-11,14,18-19H,12-13,15-17H2,1-3H3,(H2,29,31,34)/t19-/m0/s1. The van der Waals surface area contributed by atoms with Crippen molar-refractivity contribution in [3.63, 3.8) is 0 Å². The Morgan fingerprint density at radius 1 is 1.13 bits per heavy atom. The molecular weight excluding hydrogens is 509 g/mol. The highest BCUT2D eigenvalue weighted by Crippen LogP contribution is 2.26. The summed E-state index contributed by atoms with van der Waals surface area (Å²) in [6.45, 7) is 8.28. The summed E-state index contributed by atoms with van der Waals surface area (Å²) in [7, 11) is -3.78. The molecule has 2 N–H and O–H groups in total. The molecule has 1 atom stereocenters. The smallest absolute Gasteiger partial charge is 0.319 e. The number of nitrogens with zero attached hydrogens (tertiary/aromatic N) is 3. The van der Waals surface area contributed by atoms with Crippen molar-refractivity contribution in [2.24, 2.45) is 5.92 Å². The molecule has 1 aliphatic heterocycles. The number of hydrogen-bond donors (Lipinski definition) is 2. The fourth-order valence-corrected chi connectivity index (χ4v) is 5.25. The van der Waals surface area contributed by atoms with Gasteiger partial charge in [-0.3, -0.25) is 0 Å². The summed E-state index contributed by atoms with van der Waals surface area (Å²) in [4.78, 5) is 23.5. The van der Waals surface area contributed by atoms with Gasteiger partial charge in [0.2, 0.25) is 0 Å². The van der Waals surface area contributed by atoms with E-state index in [9.17, 15) is 17.6 Å². The quantitative estimate of drug-likeness (QED) is 0.410. The van der Waals surface area contributed by atoms with Gasteiger partial charge in [0, 0.05) is 30.4 Å². The van der Waals surface area contributed by atoms with Crippen LogP contribution in [-0.2, 0) is 20.3 Å². The molecule has 0 spiro atoms. The molecule has 38 heavy (non-hydrogen) atoms. The van der Waals surface area contributed by atoms with Gasteiger partial charge in [-0.15, -0.1) is 0 Å². The number of morpholine rings is 1. The maximum atomic E-state index is 13.3. The van der Waals surface area contributed by atoms with Crippen molar-refractivity contribution in [3.05, 3.63) is 66.1 Å². The minimum Gasteiger partial charge on any atom is -0.377 e. The summed E-state index contributed by atoms with van der Waals surface area (Å²) in [6, 6.07) is 13.2. The van der Waals surface area contributed by atoms with Crippen LogP contribution in [0.15, 0.2) is 59.5 Å². The molecule has 1 aromatic heterocycles. The lowest BCUT2D eigenvalue weighted by atomic mass is 10.2. The molecular formula is C27H32FN5O4S. The van der Waals surface area contributed by atoms with E-state index in [-0.39, 0.29) is 22.7 Å². The number of carbonyl (C=O) groups is 1. The number of urea groups is 1. The monoisotopic (exact) mass is 541 g/mol. The molecule has 0 bridgehead atoms. The Morgan fingerprint density at radius 3 is 2.50 bits per heavy atom. The van der Waals surface area contributed by atoms with E-state index in [1.54, 1.807) is 30.3 Å². The van der Waals surface area contributed by atoms with Gasteiger partial charge in [0.1, 0.15) is 11.6 Å². The van der Waals surface area contributed by atoms with E-state index in [0.29, 0.717) is 60.8 Å². The molecule has 1 aliphatic rings. The van der Waals surface area contributed by atoms with Crippen LogP contribution in [0.4, 0.5) is 20.7 Å². The normalized spacial score (nSPS) is 15.9. The zero-order valence-corrected chi connectivity index (χ0v) is 22.5. The van der Waals surface area contributed by atoms with Gasteiger partial charge in [0.25, 0.3) is 0 Å². The molecule has 0 radical (unpaired) electrons. The van der Waals surface area contributed by atoms with E-state index in [4.69, 9.17) is 9.72 Å². The molecule has 202 valence electrons. The third kappa shape index (κ3) is 7.05. The third-order valence-electron chi connectivity index (χ3n) is 6.01. The number of ether oxygens (including phenoxy) is 1. The van der Waals surface area contributed by atoms with Crippen molar-refractivity contribution < 1.29 is 22.3 Å². The average molecular weight is 542 g/mol. The summed E-state index contributed by atoms with van der Waals surface area (Å²) >= 11 is 0. The molecule has 0 aliphatic carbocycles. The van der Waals surface area contributed by atoms with Crippen molar-refractivity contribution in [3.8, 4) is 11.4 Å². The second-order valence-corrected chi connectivity index (χ2v) is 11.7. The van der Waals surface area contributed by atoms with Crippen molar-refractivity contribution in [1.29, 1.82) is 0 Å². The van der Waals surface area contributed by atoms with Gasteiger partial charge >= 0.3 is 6.03 Å². The summed E-state index contributed by atoms with van der Waals surface area (Å²) in [5, 5.41) is 5.59. The van der Waals surface area contributed by atoms with Crippen molar-refractivity contribution in [2.45, 2.75) is 37.5 Å². The van der Waals surface area contributed by atoms with E-state index in [2.05, 4.69) is 20.5 Å². The molecule has 11 heteroatoms. The number of rotatable bonds is 8. The highest BCUT2D eigenvalue weighted by Gasteiger charge is 2.24. The second kappa shape index (κ2) is 11.9. The zero-order chi connectivity index (χ0) is 27.3. The number of amides is 2. The summed E-state index contributed by atoms with van der Waals surface area (Å²) in [6.07, 6.45) is 0. The number of benzene rings is 2. The Bertz CT molecular complexity index is 1370. The van der Waals surface area contributed by atoms with Crippen LogP contribution in [0.2, 0.25) is 0 Å². The highest BCUT2D eigenvalue weighted by molar-refractivity contribution is 7.90. The second-order valence-electron chi connectivity index (χ2n) is 9.68. The molecule has 1 fully saturated rings. The van der Waals surface area contributed by atoms with Crippen LogP contribution >= 0.6 is 0 Å². The molecule has 2 aromatic carbocycles. The fraction of sp³-hybridized carbons (Fsp3) is 0.370. The first-order valence-electron chi connectivity index (χ1n) is 12.5. The minimum atomic E-state index is -3.78. The SMILES string of the molecule is CC(C)CNC(=O)Nc1ccc(-c2nc(CS(=O)(=O)c3ccc(F)cc3)cc(N3CCOC[C@@H]3C)n2)cc1.